The summed E-state index contributed by atoms with van der Waals surface area (Å²) in [5.41, 5.74) is 1.44. The first kappa shape index (κ1) is 23.7. The van der Waals surface area contributed by atoms with E-state index in [-0.39, 0.29) is 6.42 Å². The Morgan fingerprint density at radius 1 is 0.371 bits per heavy atom. The summed E-state index contributed by atoms with van der Waals surface area (Å²) in [6.45, 7) is 0. The van der Waals surface area contributed by atoms with Gasteiger partial charge in [0.05, 0.1) is 11.8 Å². The Hall–Kier alpha value is -4.44. The molecule has 0 saturated heterocycles. The predicted octanol–water partition coefficient (Wildman–Crippen LogP) is 6.14. The Balaban J connectivity index is 1.77. The van der Waals surface area contributed by atoms with E-state index in [0.29, 0.717) is 22.3 Å². The van der Waals surface area contributed by atoms with E-state index < -0.39 is 35.0 Å². The molecule has 4 aromatic carbocycles. The fraction of sp³-hybridized carbons (Fsp3) is 0.0968. The van der Waals surface area contributed by atoms with Crippen molar-refractivity contribution in [1.82, 2.24) is 0 Å². The number of rotatable bonds is 10. The van der Waals surface area contributed by atoms with Crippen LogP contribution >= 0.6 is 0 Å². The number of ketones is 4. The van der Waals surface area contributed by atoms with Gasteiger partial charge in [-0.25, -0.2) is 0 Å². The van der Waals surface area contributed by atoms with E-state index >= 15 is 0 Å². The number of benzene rings is 4. The molecular formula is C31H24O4. The maximum absolute atomic E-state index is 13.6. The molecule has 4 nitrogen and oxygen atoms in total. The fourth-order valence-electron chi connectivity index (χ4n) is 4.12. The molecular weight excluding hydrogens is 436 g/mol. The largest absolute Gasteiger partial charge is 0.293 e. The van der Waals surface area contributed by atoms with Crippen LogP contribution in [-0.2, 0) is 0 Å². The molecule has 0 heterocycles. The zero-order valence-electron chi connectivity index (χ0n) is 19.0. The lowest BCUT2D eigenvalue weighted by atomic mass is 9.78. The van der Waals surface area contributed by atoms with Gasteiger partial charge < -0.3 is 0 Å². The van der Waals surface area contributed by atoms with Crippen molar-refractivity contribution in [2.75, 3.05) is 0 Å². The van der Waals surface area contributed by atoms with Crippen LogP contribution in [0.15, 0.2) is 121 Å². The summed E-state index contributed by atoms with van der Waals surface area (Å²) in [6, 6.07) is 34.0. The van der Waals surface area contributed by atoms with Gasteiger partial charge in [-0.05, 0) is 6.42 Å². The molecule has 0 aliphatic carbocycles. The van der Waals surface area contributed by atoms with Gasteiger partial charge in [0.15, 0.2) is 23.1 Å². The van der Waals surface area contributed by atoms with Gasteiger partial charge in [-0.15, -0.1) is 0 Å². The third kappa shape index (κ3) is 5.56. The molecule has 4 rings (SSSR count). The fourth-order valence-corrected chi connectivity index (χ4v) is 4.12. The molecule has 0 aromatic heterocycles. The highest BCUT2D eigenvalue weighted by Crippen LogP contribution is 2.27. The Morgan fingerprint density at radius 3 is 0.771 bits per heavy atom. The van der Waals surface area contributed by atoms with Crippen LogP contribution in [-0.4, -0.2) is 23.1 Å². The first-order valence-corrected chi connectivity index (χ1v) is 11.4. The molecule has 0 saturated carbocycles. The molecule has 0 atom stereocenters. The Morgan fingerprint density at radius 2 is 0.571 bits per heavy atom. The second-order valence-corrected chi connectivity index (χ2v) is 8.26. The van der Waals surface area contributed by atoms with Gasteiger partial charge >= 0.3 is 0 Å². The predicted molar refractivity (Wildman–Crippen MR) is 135 cm³/mol. The highest BCUT2D eigenvalue weighted by molar-refractivity contribution is 6.19. The smallest absolute Gasteiger partial charge is 0.173 e. The molecule has 0 fully saturated rings. The summed E-state index contributed by atoms with van der Waals surface area (Å²) in [5.74, 6) is -4.02. The first-order chi connectivity index (χ1) is 17.1. The van der Waals surface area contributed by atoms with E-state index in [2.05, 4.69) is 0 Å². The SMILES string of the molecule is O=C(c1ccccc1)C(CC(C(=O)c1ccccc1)C(=O)c1ccccc1)C(=O)c1ccccc1. The molecule has 4 aromatic rings. The zero-order valence-corrected chi connectivity index (χ0v) is 19.0. The topological polar surface area (TPSA) is 68.3 Å². The highest BCUT2D eigenvalue weighted by Gasteiger charge is 2.37. The van der Waals surface area contributed by atoms with Gasteiger partial charge in [0.2, 0.25) is 0 Å². The van der Waals surface area contributed by atoms with Crippen molar-refractivity contribution < 1.29 is 19.2 Å². The van der Waals surface area contributed by atoms with E-state index in [0.717, 1.165) is 0 Å². The molecule has 0 aliphatic rings. The lowest BCUT2D eigenvalue weighted by Gasteiger charge is -2.21. The number of carbonyl (C=O) groups is 4. The first-order valence-electron chi connectivity index (χ1n) is 11.4. The van der Waals surface area contributed by atoms with Crippen LogP contribution in [0.2, 0.25) is 0 Å². The maximum Gasteiger partial charge on any atom is 0.173 e. The van der Waals surface area contributed by atoms with Gasteiger partial charge in [0.25, 0.3) is 0 Å². The molecule has 4 heteroatoms. The Labute approximate surface area is 204 Å². The molecule has 172 valence electrons. The molecule has 0 bridgehead atoms. The van der Waals surface area contributed by atoms with Crippen molar-refractivity contribution in [3.8, 4) is 0 Å². The van der Waals surface area contributed by atoms with Crippen LogP contribution in [0.1, 0.15) is 47.9 Å². The van der Waals surface area contributed by atoms with Crippen LogP contribution in [0.25, 0.3) is 0 Å². The molecule has 35 heavy (non-hydrogen) atoms. The van der Waals surface area contributed by atoms with Gasteiger partial charge in [0, 0.05) is 22.3 Å². The minimum atomic E-state index is -1.19. The Kier molecular flexibility index (Phi) is 7.53. The summed E-state index contributed by atoms with van der Waals surface area (Å²) >= 11 is 0. The third-order valence-corrected chi connectivity index (χ3v) is 5.97. The summed E-state index contributed by atoms with van der Waals surface area (Å²) in [4.78, 5) is 54.3. The van der Waals surface area contributed by atoms with Crippen LogP contribution in [0.4, 0.5) is 0 Å². The van der Waals surface area contributed by atoms with Gasteiger partial charge in [-0.2, -0.15) is 0 Å². The van der Waals surface area contributed by atoms with Crippen molar-refractivity contribution in [3.05, 3.63) is 144 Å². The number of carbonyl (C=O) groups excluding carboxylic acids is 4. The van der Waals surface area contributed by atoms with E-state index in [4.69, 9.17) is 0 Å². The average molecular weight is 461 g/mol. The Bertz CT molecular complexity index is 1110. The van der Waals surface area contributed by atoms with E-state index in [9.17, 15) is 19.2 Å². The lowest BCUT2D eigenvalue weighted by Crippen LogP contribution is -2.33. The van der Waals surface area contributed by atoms with Crippen molar-refractivity contribution in [2.45, 2.75) is 6.42 Å². The minimum absolute atomic E-state index is 0.219. The van der Waals surface area contributed by atoms with Gasteiger partial charge in [0.1, 0.15) is 0 Å². The molecule has 0 aliphatic heterocycles. The standard InChI is InChI=1S/C31H24O4/c32-28(22-13-5-1-6-14-22)26(29(33)23-15-7-2-8-16-23)21-27(30(34)24-17-9-3-10-18-24)31(35)25-19-11-4-12-20-25/h1-20,26-27H,21H2. The van der Waals surface area contributed by atoms with Crippen molar-refractivity contribution in [3.63, 3.8) is 0 Å². The molecule has 0 amide bonds. The second kappa shape index (κ2) is 11.1. The zero-order chi connectivity index (χ0) is 24.6. The van der Waals surface area contributed by atoms with Crippen LogP contribution in [0.5, 0.6) is 0 Å². The van der Waals surface area contributed by atoms with Crippen LogP contribution in [0, 0.1) is 11.8 Å². The summed E-state index contributed by atoms with van der Waals surface area (Å²) in [7, 11) is 0. The van der Waals surface area contributed by atoms with Gasteiger partial charge in [-0.3, -0.25) is 19.2 Å². The highest BCUT2D eigenvalue weighted by atomic mass is 16.2. The van der Waals surface area contributed by atoms with Crippen molar-refractivity contribution in [2.24, 2.45) is 11.8 Å². The lowest BCUT2D eigenvalue weighted by molar-refractivity contribution is 0.0728. The van der Waals surface area contributed by atoms with Crippen molar-refractivity contribution >= 4 is 23.1 Å². The molecule has 0 N–H and O–H groups in total. The summed E-state index contributed by atoms with van der Waals surface area (Å²) in [6.07, 6.45) is -0.219. The van der Waals surface area contributed by atoms with Gasteiger partial charge in [-0.1, -0.05) is 121 Å². The number of hydrogen-bond acceptors (Lipinski definition) is 4. The van der Waals surface area contributed by atoms with Crippen LogP contribution < -0.4 is 0 Å². The second-order valence-electron chi connectivity index (χ2n) is 8.26. The maximum atomic E-state index is 13.6. The van der Waals surface area contributed by atoms with E-state index in [1.165, 1.54) is 0 Å². The number of hydrogen-bond donors (Lipinski definition) is 0. The normalized spacial score (nSPS) is 10.8. The molecule has 0 spiro atoms. The molecule has 0 unspecified atom stereocenters. The summed E-state index contributed by atoms with van der Waals surface area (Å²) in [5, 5.41) is 0. The minimum Gasteiger partial charge on any atom is -0.293 e. The average Bonchev–Trinajstić information content (AvgIpc) is 2.94. The number of Topliss-reactive ketones (excluding diaryl/α,β-unsaturated/α-hetero) is 4. The third-order valence-electron chi connectivity index (χ3n) is 5.97. The van der Waals surface area contributed by atoms with Crippen molar-refractivity contribution in [1.29, 1.82) is 0 Å². The monoisotopic (exact) mass is 460 g/mol. The summed E-state index contributed by atoms with van der Waals surface area (Å²) < 4.78 is 0. The van der Waals surface area contributed by atoms with E-state index in [1.54, 1.807) is 121 Å². The molecule has 0 radical (unpaired) electrons. The van der Waals surface area contributed by atoms with Crippen LogP contribution in [0.3, 0.4) is 0 Å². The van der Waals surface area contributed by atoms with E-state index in [1.807, 2.05) is 0 Å². The quantitative estimate of drug-likeness (QED) is 0.211.